The molecule has 0 aliphatic carbocycles. The van der Waals surface area contributed by atoms with E-state index >= 15 is 0 Å². The van der Waals surface area contributed by atoms with Gasteiger partial charge in [0.1, 0.15) is 11.4 Å². The first-order chi connectivity index (χ1) is 15.1. The van der Waals surface area contributed by atoms with E-state index in [1.165, 1.54) is 28.4 Å². The summed E-state index contributed by atoms with van der Waals surface area (Å²) in [5.41, 5.74) is 2.82. The van der Waals surface area contributed by atoms with Gasteiger partial charge in [-0.2, -0.15) is 16.7 Å². The zero-order valence-electron chi connectivity index (χ0n) is 17.9. The molecule has 31 heavy (non-hydrogen) atoms. The molecule has 3 aromatic rings. The van der Waals surface area contributed by atoms with E-state index in [4.69, 9.17) is 9.47 Å². The van der Waals surface area contributed by atoms with Crippen LogP contribution in [0.1, 0.15) is 26.6 Å². The largest absolute Gasteiger partial charge is 0.480 e. The number of thiophene rings is 1. The van der Waals surface area contributed by atoms with Gasteiger partial charge in [-0.15, -0.1) is 11.3 Å². The normalized spacial score (nSPS) is 14.7. The number of anilines is 1. The number of hydrogen-bond acceptors (Lipinski definition) is 8. The minimum atomic E-state index is -0.151. The van der Waals surface area contributed by atoms with E-state index < -0.39 is 0 Å². The Kier molecular flexibility index (Phi) is 7.06. The van der Waals surface area contributed by atoms with Crippen LogP contribution in [0.5, 0.6) is 5.88 Å². The molecule has 2 aromatic heterocycles. The lowest BCUT2D eigenvalue weighted by molar-refractivity contribution is 0.103. The number of hydrogen-bond donors (Lipinski definition) is 1. The summed E-state index contributed by atoms with van der Waals surface area (Å²) in [4.78, 5) is 25.8. The first-order valence-electron chi connectivity index (χ1n) is 10.1. The summed E-state index contributed by atoms with van der Waals surface area (Å²) in [6.45, 7) is 5.31. The van der Waals surface area contributed by atoms with Gasteiger partial charge in [0.15, 0.2) is 5.82 Å². The number of aromatic nitrogens is 2. The van der Waals surface area contributed by atoms with Gasteiger partial charge in [-0.1, -0.05) is 12.1 Å². The van der Waals surface area contributed by atoms with Crippen molar-refractivity contribution in [2.45, 2.75) is 20.1 Å². The van der Waals surface area contributed by atoms with E-state index in [-0.39, 0.29) is 12.5 Å². The van der Waals surface area contributed by atoms with Crippen molar-refractivity contribution in [1.82, 2.24) is 14.9 Å². The van der Waals surface area contributed by atoms with Crippen LogP contribution in [0.2, 0.25) is 0 Å². The second kappa shape index (κ2) is 9.95. The van der Waals surface area contributed by atoms with E-state index in [1.807, 2.05) is 30.8 Å². The third-order valence-electron chi connectivity index (χ3n) is 5.17. The van der Waals surface area contributed by atoms with Crippen molar-refractivity contribution in [3.05, 3.63) is 46.1 Å². The molecule has 0 atom stereocenters. The van der Waals surface area contributed by atoms with E-state index in [0.717, 1.165) is 41.1 Å². The second-order valence-electron chi connectivity index (χ2n) is 7.36. The molecule has 164 valence electrons. The standard InChI is InChI=1S/C22H26N4O3S2/c1-14-18-21(29-3)24-17(13-28-2)25-22(18)31-19(14)20(27)23-16-6-4-5-15(11-16)12-26-7-9-30-10-8-26/h4-6,11H,7-10,12-13H2,1-3H3,(H,23,27). The third-order valence-corrected chi connectivity index (χ3v) is 7.30. The van der Waals surface area contributed by atoms with Gasteiger partial charge in [0.2, 0.25) is 5.88 Å². The minimum Gasteiger partial charge on any atom is -0.480 e. The number of nitrogens with zero attached hydrogens (tertiary/aromatic N) is 3. The van der Waals surface area contributed by atoms with Crippen LogP contribution >= 0.6 is 23.1 Å². The molecule has 7 nitrogen and oxygen atoms in total. The molecule has 1 aliphatic rings. The molecule has 0 bridgehead atoms. The first-order valence-corrected chi connectivity index (χ1v) is 12.1. The Labute approximate surface area is 190 Å². The van der Waals surface area contributed by atoms with Crippen LogP contribution in [0.3, 0.4) is 0 Å². The quantitative estimate of drug-likeness (QED) is 0.574. The van der Waals surface area contributed by atoms with Gasteiger partial charge < -0.3 is 14.8 Å². The molecule has 1 aliphatic heterocycles. The van der Waals surface area contributed by atoms with Crippen LogP contribution in [-0.4, -0.2) is 59.6 Å². The molecule has 1 aromatic carbocycles. The molecular formula is C22H26N4O3S2. The molecule has 9 heteroatoms. The first kappa shape index (κ1) is 22.0. The van der Waals surface area contributed by atoms with E-state index in [0.29, 0.717) is 16.6 Å². The van der Waals surface area contributed by atoms with Gasteiger partial charge in [-0.25, -0.2) is 4.98 Å². The maximum Gasteiger partial charge on any atom is 0.266 e. The monoisotopic (exact) mass is 458 g/mol. The number of aryl methyl sites for hydroxylation is 1. The summed E-state index contributed by atoms with van der Waals surface area (Å²) >= 11 is 3.35. The summed E-state index contributed by atoms with van der Waals surface area (Å²) < 4.78 is 10.6. The summed E-state index contributed by atoms with van der Waals surface area (Å²) in [5, 5.41) is 3.82. The topological polar surface area (TPSA) is 76.6 Å². The number of rotatable bonds is 7. The van der Waals surface area contributed by atoms with Crippen LogP contribution in [0, 0.1) is 6.92 Å². The van der Waals surface area contributed by atoms with Gasteiger partial charge in [0, 0.05) is 43.9 Å². The van der Waals surface area contributed by atoms with Gasteiger partial charge >= 0.3 is 0 Å². The molecule has 1 amide bonds. The van der Waals surface area contributed by atoms with Gasteiger partial charge in [0.25, 0.3) is 5.91 Å². The Hall–Kier alpha value is -2.20. The molecule has 1 fully saturated rings. The number of methoxy groups -OCH3 is 2. The Morgan fingerprint density at radius 3 is 2.77 bits per heavy atom. The number of carbonyl (C=O) groups excluding carboxylic acids is 1. The number of benzene rings is 1. The molecule has 4 rings (SSSR count). The molecule has 3 heterocycles. The van der Waals surface area contributed by atoms with Crippen molar-refractivity contribution in [2.24, 2.45) is 0 Å². The molecule has 1 saturated heterocycles. The fourth-order valence-electron chi connectivity index (χ4n) is 3.65. The highest BCUT2D eigenvalue weighted by Crippen LogP contribution is 2.35. The summed E-state index contributed by atoms with van der Waals surface area (Å²) in [6.07, 6.45) is 0. The highest BCUT2D eigenvalue weighted by molar-refractivity contribution is 7.99. The van der Waals surface area contributed by atoms with Crippen molar-refractivity contribution >= 4 is 44.9 Å². The predicted octanol–water partition coefficient (Wildman–Crippen LogP) is 3.96. The van der Waals surface area contributed by atoms with Crippen LogP contribution in [0.4, 0.5) is 5.69 Å². The summed E-state index contributed by atoms with van der Waals surface area (Å²) in [7, 11) is 3.17. The molecule has 0 spiro atoms. The zero-order chi connectivity index (χ0) is 21.8. The Balaban J connectivity index is 1.55. The van der Waals surface area contributed by atoms with Crippen molar-refractivity contribution in [3.8, 4) is 5.88 Å². The van der Waals surface area contributed by atoms with Crippen LogP contribution in [0.15, 0.2) is 24.3 Å². The average molecular weight is 459 g/mol. The van der Waals surface area contributed by atoms with E-state index in [2.05, 4.69) is 32.3 Å². The maximum absolute atomic E-state index is 13.1. The fraction of sp³-hybridized carbons (Fsp3) is 0.409. The highest BCUT2D eigenvalue weighted by Gasteiger charge is 2.21. The molecule has 0 unspecified atom stereocenters. The third kappa shape index (κ3) is 5.01. The Morgan fingerprint density at radius 1 is 1.23 bits per heavy atom. The molecule has 1 N–H and O–H groups in total. The van der Waals surface area contributed by atoms with Crippen LogP contribution in [-0.2, 0) is 17.9 Å². The average Bonchev–Trinajstić information content (AvgIpc) is 3.11. The van der Waals surface area contributed by atoms with Crippen molar-refractivity contribution in [3.63, 3.8) is 0 Å². The number of thioether (sulfide) groups is 1. The number of ether oxygens (including phenoxy) is 2. The van der Waals surface area contributed by atoms with Gasteiger partial charge in [0.05, 0.1) is 17.4 Å². The lowest BCUT2D eigenvalue weighted by atomic mass is 10.1. The lowest BCUT2D eigenvalue weighted by Crippen LogP contribution is -2.31. The molecule has 0 radical (unpaired) electrons. The number of fused-ring (bicyclic) bond motifs is 1. The number of nitrogens with one attached hydrogen (secondary N) is 1. The number of carbonyl (C=O) groups is 1. The SMILES string of the molecule is COCc1nc(OC)c2c(C)c(C(=O)Nc3cccc(CN4CCSCC4)c3)sc2n1. The molecule has 0 saturated carbocycles. The maximum atomic E-state index is 13.1. The van der Waals surface area contributed by atoms with Gasteiger partial charge in [-0.05, 0) is 30.2 Å². The minimum absolute atomic E-state index is 0.151. The van der Waals surface area contributed by atoms with Crippen LogP contribution < -0.4 is 10.1 Å². The lowest BCUT2D eigenvalue weighted by Gasteiger charge is -2.26. The zero-order valence-corrected chi connectivity index (χ0v) is 19.6. The van der Waals surface area contributed by atoms with Crippen molar-refractivity contribution in [2.75, 3.05) is 44.1 Å². The van der Waals surface area contributed by atoms with Crippen LogP contribution in [0.25, 0.3) is 10.2 Å². The molecular weight excluding hydrogens is 432 g/mol. The number of amides is 1. The predicted molar refractivity (Wildman–Crippen MR) is 126 cm³/mol. The van der Waals surface area contributed by atoms with E-state index in [1.54, 1.807) is 14.2 Å². The fourth-order valence-corrected chi connectivity index (χ4v) is 5.72. The Bertz CT molecular complexity index is 1080. The summed E-state index contributed by atoms with van der Waals surface area (Å²) in [5.74, 6) is 3.21. The second-order valence-corrected chi connectivity index (χ2v) is 9.59. The highest BCUT2D eigenvalue weighted by atomic mass is 32.2. The van der Waals surface area contributed by atoms with Gasteiger partial charge in [-0.3, -0.25) is 9.69 Å². The Morgan fingerprint density at radius 2 is 2.03 bits per heavy atom. The summed E-state index contributed by atoms with van der Waals surface area (Å²) in [6, 6.07) is 8.08. The van der Waals surface area contributed by atoms with Crippen molar-refractivity contribution < 1.29 is 14.3 Å². The van der Waals surface area contributed by atoms with E-state index in [9.17, 15) is 4.79 Å². The smallest absolute Gasteiger partial charge is 0.266 e. The van der Waals surface area contributed by atoms with Crippen molar-refractivity contribution in [1.29, 1.82) is 0 Å².